The highest BCUT2D eigenvalue weighted by atomic mass is 16.6. The molecule has 0 atom stereocenters. The van der Waals surface area contributed by atoms with Crippen molar-refractivity contribution in [1.82, 2.24) is 19.6 Å². The van der Waals surface area contributed by atoms with Gasteiger partial charge in [0.2, 0.25) is 0 Å². The molecule has 1 fully saturated rings. The van der Waals surface area contributed by atoms with Gasteiger partial charge in [0.15, 0.2) is 0 Å². The van der Waals surface area contributed by atoms with Gasteiger partial charge in [-0.3, -0.25) is 0 Å². The summed E-state index contributed by atoms with van der Waals surface area (Å²) in [5.41, 5.74) is 6.21. The van der Waals surface area contributed by atoms with E-state index in [2.05, 4.69) is 22.0 Å². The van der Waals surface area contributed by atoms with E-state index in [0.717, 1.165) is 66.1 Å². The van der Waals surface area contributed by atoms with Crippen LogP contribution in [0.1, 0.15) is 35.4 Å². The second-order valence-electron chi connectivity index (χ2n) is 9.23. The molecule has 34 heavy (non-hydrogen) atoms. The molecule has 7 nitrogen and oxygen atoms in total. The number of carbonyl (C=O) groups excluding carboxylic acids is 1. The molecule has 0 N–H and O–H groups in total. The van der Waals surface area contributed by atoms with Crippen LogP contribution in [-0.4, -0.2) is 38.8 Å². The summed E-state index contributed by atoms with van der Waals surface area (Å²) >= 11 is 0. The second kappa shape index (κ2) is 9.33. The van der Waals surface area contributed by atoms with Crippen molar-refractivity contribution in [3.63, 3.8) is 0 Å². The van der Waals surface area contributed by atoms with E-state index in [1.165, 1.54) is 10.9 Å². The predicted octanol–water partition coefficient (Wildman–Crippen LogP) is 5.44. The van der Waals surface area contributed by atoms with E-state index in [9.17, 15) is 4.79 Å². The zero-order valence-electron chi connectivity index (χ0n) is 20.0. The number of amides is 1. The zero-order valence-corrected chi connectivity index (χ0v) is 20.0. The Balaban J connectivity index is 1.24. The Kier molecular flexibility index (Phi) is 6.09. The van der Waals surface area contributed by atoms with Crippen LogP contribution in [0.15, 0.2) is 53.3 Å². The summed E-state index contributed by atoms with van der Waals surface area (Å²) in [4.78, 5) is 19.1. The van der Waals surface area contributed by atoms with Crippen molar-refractivity contribution >= 4 is 17.1 Å². The molecular weight excluding hydrogens is 428 g/mol. The average molecular weight is 459 g/mol. The first kappa shape index (κ1) is 22.2. The molecule has 0 saturated carbocycles. The largest absolute Gasteiger partial charge is 0.445 e. The Morgan fingerprint density at radius 1 is 1.18 bits per heavy atom. The third-order valence-electron chi connectivity index (χ3n) is 6.80. The van der Waals surface area contributed by atoms with Gasteiger partial charge in [0.1, 0.15) is 18.0 Å². The third kappa shape index (κ3) is 4.42. The summed E-state index contributed by atoms with van der Waals surface area (Å²) in [6.45, 7) is 5.66. The molecule has 0 spiro atoms. The van der Waals surface area contributed by atoms with Crippen LogP contribution in [0.3, 0.4) is 0 Å². The molecule has 7 heteroatoms. The number of benzene rings is 1. The van der Waals surface area contributed by atoms with E-state index in [4.69, 9.17) is 14.2 Å². The van der Waals surface area contributed by atoms with Gasteiger partial charge in [-0.25, -0.2) is 9.78 Å². The fraction of sp³-hybridized carbons (Fsp3) is 0.370. The van der Waals surface area contributed by atoms with Crippen molar-refractivity contribution in [2.24, 2.45) is 13.0 Å². The Labute approximate surface area is 199 Å². The minimum absolute atomic E-state index is 0.222. The number of fused-ring (bicyclic) bond motifs is 1. The SMILES string of the molecule is Cc1noc(C)c1-c1cnc2c(c1)c(CC1CCN(C(=O)OCc3ccccc3)CC1)cn2C. The molecule has 1 aliphatic heterocycles. The number of pyridine rings is 1. The fourth-order valence-electron chi connectivity index (χ4n) is 4.98. The number of nitrogens with zero attached hydrogens (tertiary/aromatic N) is 4. The standard InChI is InChI=1S/C27H30N4O3/c1-18-25(19(2)34-29-18)22-14-24-23(16-30(3)26(24)28-15-22)13-20-9-11-31(12-10-20)27(32)33-17-21-7-5-4-6-8-21/h4-8,14-16,20H,9-13,17H2,1-3H3. The average Bonchev–Trinajstić information content (AvgIpc) is 3.36. The first-order chi connectivity index (χ1) is 16.5. The van der Waals surface area contributed by atoms with Gasteiger partial charge < -0.3 is 18.7 Å². The molecule has 5 rings (SSSR count). The van der Waals surface area contributed by atoms with Crippen LogP contribution in [0.2, 0.25) is 0 Å². The van der Waals surface area contributed by atoms with E-state index < -0.39 is 0 Å². The van der Waals surface area contributed by atoms with E-state index in [0.29, 0.717) is 12.5 Å². The molecule has 1 saturated heterocycles. The maximum atomic E-state index is 12.5. The predicted molar refractivity (Wildman–Crippen MR) is 130 cm³/mol. The third-order valence-corrected chi connectivity index (χ3v) is 6.80. The Morgan fingerprint density at radius 2 is 1.94 bits per heavy atom. The Hall–Kier alpha value is -3.61. The molecule has 0 aliphatic carbocycles. The number of rotatable bonds is 5. The lowest BCUT2D eigenvalue weighted by Gasteiger charge is -2.31. The lowest BCUT2D eigenvalue weighted by molar-refractivity contribution is 0.0823. The van der Waals surface area contributed by atoms with Gasteiger partial charge in [0.05, 0.1) is 5.69 Å². The van der Waals surface area contributed by atoms with Gasteiger partial charge in [-0.1, -0.05) is 35.5 Å². The van der Waals surface area contributed by atoms with Gasteiger partial charge in [-0.2, -0.15) is 0 Å². The van der Waals surface area contributed by atoms with Crippen molar-refractivity contribution in [2.45, 2.75) is 39.7 Å². The number of likely N-dealkylation sites (tertiary alicyclic amines) is 1. The smallest absolute Gasteiger partial charge is 0.410 e. The van der Waals surface area contributed by atoms with Crippen molar-refractivity contribution in [2.75, 3.05) is 13.1 Å². The molecule has 1 amide bonds. The molecule has 0 bridgehead atoms. The van der Waals surface area contributed by atoms with Crippen LogP contribution in [0, 0.1) is 19.8 Å². The van der Waals surface area contributed by atoms with Crippen LogP contribution in [0.5, 0.6) is 0 Å². The van der Waals surface area contributed by atoms with E-state index in [1.54, 1.807) is 0 Å². The maximum absolute atomic E-state index is 12.5. The van der Waals surface area contributed by atoms with Crippen LogP contribution in [0.4, 0.5) is 4.79 Å². The maximum Gasteiger partial charge on any atom is 0.410 e. The van der Waals surface area contributed by atoms with Crippen LogP contribution in [0.25, 0.3) is 22.2 Å². The summed E-state index contributed by atoms with van der Waals surface area (Å²) < 4.78 is 13.0. The molecule has 176 valence electrons. The van der Waals surface area contributed by atoms with Gasteiger partial charge >= 0.3 is 6.09 Å². The van der Waals surface area contributed by atoms with Crippen LogP contribution in [-0.2, 0) is 24.8 Å². The van der Waals surface area contributed by atoms with Gasteiger partial charge in [-0.05, 0) is 56.2 Å². The molecule has 0 radical (unpaired) electrons. The van der Waals surface area contributed by atoms with Crippen molar-refractivity contribution in [3.8, 4) is 11.1 Å². The van der Waals surface area contributed by atoms with Crippen molar-refractivity contribution in [1.29, 1.82) is 0 Å². The topological polar surface area (TPSA) is 73.4 Å². The van der Waals surface area contributed by atoms with Gasteiger partial charge in [0, 0.05) is 49.0 Å². The first-order valence-electron chi connectivity index (χ1n) is 11.8. The fourth-order valence-corrected chi connectivity index (χ4v) is 4.98. The number of hydrogen-bond acceptors (Lipinski definition) is 5. The number of piperidine rings is 1. The lowest BCUT2D eigenvalue weighted by atomic mass is 9.90. The van der Waals surface area contributed by atoms with Crippen LogP contribution >= 0.6 is 0 Å². The van der Waals surface area contributed by atoms with Crippen molar-refractivity contribution in [3.05, 3.63) is 71.4 Å². The Morgan fingerprint density at radius 3 is 2.65 bits per heavy atom. The zero-order chi connectivity index (χ0) is 23.7. The number of carbonyl (C=O) groups is 1. The highest BCUT2D eigenvalue weighted by Gasteiger charge is 2.25. The molecule has 3 aromatic heterocycles. The quantitative estimate of drug-likeness (QED) is 0.398. The van der Waals surface area contributed by atoms with Gasteiger partial charge in [-0.15, -0.1) is 0 Å². The normalized spacial score (nSPS) is 14.6. The number of aryl methyl sites for hydroxylation is 3. The molecular formula is C27H30N4O3. The number of hydrogen-bond donors (Lipinski definition) is 0. The summed E-state index contributed by atoms with van der Waals surface area (Å²) in [5, 5.41) is 5.27. The summed E-state index contributed by atoms with van der Waals surface area (Å²) in [6, 6.07) is 12.0. The number of ether oxygens (including phenoxy) is 1. The van der Waals surface area contributed by atoms with Crippen molar-refractivity contribution < 1.29 is 14.1 Å². The van der Waals surface area contributed by atoms with Crippen LogP contribution < -0.4 is 0 Å². The van der Waals surface area contributed by atoms with Gasteiger partial charge in [0.25, 0.3) is 0 Å². The Bertz CT molecular complexity index is 1280. The molecule has 1 aromatic carbocycles. The molecule has 4 aromatic rings. The second-order valence-corrected chi connectivity index (χ2v) is 9.23. The number of aromatic nitrogens is 3. The van der Waals surface area contributed by atoms with E-state index in [1.807, 2.05) is 62.3 Å². The minimum atomic E-state index is -0.222. The summed E-state index contributed by atoms with van der Waals surface area (Å²) in [5.74, 6) is 1.33. The molecule has 1 aliphatic rings. The monoisotopic (exact) mass is 458 g/mol. The highest BCUT2D eigenvalue weighted by Crippen LogP contribution is 2.32. The summed E-state index contributed by atoms with van der Waals surface area (Å²) in [6.07, 6.45) is 6.77. The molecule has 0 unspecified atom stereocenters. The first-order valence-corrected chi connectivity index (χ1v) is 11.8. The van der Waals surface area contributed by atoms with E-state index >= 15 is 0 Å². The highest BCUT2D eigenvalue weighted by molar-refractivity contribution is 5.86. The minimum Gasteiger partial charge on any atom is -0.445 e. The lowest BCUT2D eigenvalue weighted by Crippen LogP contribution is -2.39. The molecule has 4 heterocycles. The summed E-state index contributed by atoms with van der Waals surface area (Å²) in [7, 11) is 2.04. The van der Waals surface area contributed by atoms with E-state index in [-0.39, 0.29) is 6.09 Å².